The van der Waals surface area contributed by atoms with Crippen LogP contribution in [0.25, 0.3) is 0 Å². The van der Waals surface area contributed by atoms with E-state index in [9.17, 15) is 14.4 Å². The minimum Gasteiger partial charge on any atom is -0.336 e. The van der Waals surface area contributed by atoms with Crippen molar-refractivity contribution in [3.05, 3.63) is 53.6 Å². The normalized spacial score (nSPS) is 15.5. The summed E-state index contributed by atoms with van der Waals surface area (Å²) in [6.45, 7) is 3.48. The number of hydrogen-bond donors (Lipinski definition) is 2. The molecular formula is C20H20N4O3. The molecule has 0 atom stereocenters. The lowest BCUT2D eigenvalue weighted by molar-refractivity contribution is -0.116. The molecule has 0 aromatic heterocycles. The molecule has 0 unspecified atom stereocenters. The van der Waals surface area contributed by atoms with Crippen LogP contribution in [-0.4, -0.2) is 37.5 Å². The third-order valence-electron chi connectivity index (χ3n) is 4.91. The van der Waals surface area contributed by atoms with E-state index in [4.69, 9.17) is 0 Å². The Bertz CT molecular complexity index is 923. The minimum atomic E-state index is -0.214. The molecule has 1 fully saturated rings. The summed E-state index contributed by atoms with van der Waals surface area (Å²) in [7, 11) is 0. The van der Waals surface area contributed by atoms with Crippen LogP contribution in [0, 0.1) is 0 Å². The van der Waals surface area contributed by atoms with Gasteiger partial charge < -0.3 is 15.5 Å². The standard InChI is InChI=1S/C20H20N4O3/c1-13(25)23-10-8-15-12-16(4-7-18(15)23)22-19(26)14-2-5-17(6-3-14)24-11-9-21-20(24)27/h2-7,12H,8-11H2,1H3,(H,21,27)(H,22,26). The fourth-order valence-electron chi connectivity index (χ4n) is 3.52. The first kappa shape index (κ1) is 17.1. The molecule has 7 heteroatoms. The van der Waals surface area contributed by atoms with Crippen molar-refractivity contribution in [2.75, 3.05) is 34.8 Å². The number of amides is 4. The van der Waals surface area contributed by atoms with Gasteiger partial charge in [-0.1, -0.05) is 0 Å². The number of rotatable bonds is 3. The van der Waals surface area contributed by atoms with Gasteiger partial charge in [0, 0.05) is 49.2 Å². The quantitative estimate of drug-likeness (QED) is 0.877. The number of benzene rings is 2. The molecule has 4 rings (SSSR count). The second-order valence-electron chi connectivity index (χ2n) is 6.65. The van der Waals surface area contributed by atoms with Crippen molar-refractivity contribution >= 4 is 34.9 Å². The van der Waals surface area contributed by atoms with Gasteiger partial charge in [-0.2, -0.15) is 0 Å². The molecule has 2 aliphatic heterocycles. The zero-order valence-electron chi connectivity index (χ0n) is 15.0. The smallest absolute Gasteiger partial charge is 0.321 e. The van der Waals surface area contributed by atoms with Crippen LogP contribution in [0.4, 0.5) is 21.9 Å². The number of nitrogens with zero attached hydrogens (tertiary/aromatic N) is 2. The first-order valence-corrected chi connectivity index (χ1v) is 8.91. The Balaban J connectivity index is 1.46. The molecule has 0 radical (unpaired) electrons. The second kappa shape index (κ2) is 6.75. The Labute approximate surface area is 157 Å². The molecule has 0 spiro atoms. The number of urea groups is 1. The molecule has 2 aromatic rings. The monoisotopic (exact) mass is 364 g/mol. The lowest BCUT2D eigenvalue weighted by Crippen LogP contribution is -2.27. The molecule has 1 saturated heterocycles. The van der Waals surface area contributed by atoms with Crippen molar-refractivity contribution in [3.63, 3.8) is 0 Å². The van der Waals surface area contributed by atoms with E-state index in [1.165, 1.54) is 0 Å². The molecule has 27 heavy (non-hydrogen) atoms. The van der Waals surface area contributed by atoms with Gasteiger partial charge in [-0.05, 0) is 54.4 Å². The van der Waals surface area contributed by atoms with E-state index >= 15 is 0 Å². The molecule has 0 aliphatic carbocycles. The second-order valence-corrected chi connectivity index (χ2v) is 6.65. The fraction of sp³-hybridized carbons (Fsp3) is 0.250. The lowest BCUT2D eigenvalue weighted by atomic mass is 10.1. The van der Waals surface area contributed by atoms with Crippen LogP contribution in [0.1, 0.15) is 22.8 Å². The molecule has 2 N–H and O–H groups in total. The van der Waals surface area contributed by atoms with E-state index in [2.05, 4.69) is 10.6 Å². The van der Waals surface area contributed by atoms with Gasteiger partial charge in [0.25, 0.3) is 5.91 Å². The molecule has 0 saturated carbocycles. The van der Waals surface area contributed by atoms with Crippen LogP contribution in [-0.2, 0) is 11.2 Å². The van der Waals surface area contributed by atoms with Crippen LogP contribution in [0.3, 0.4) is 0 Å². The van der Waals surface area contributed by atoms with Gasteiger partial charge >= 0.3 is 6.03 Å². The molecule has 2 heterocycles. The number of nitrogens with one attached hydrogen (secondary N) is 2. The Kier molecular flexibility index (Phi) is 4.27. The first-order valence-electron chi connectivity index (χ1n) is 8.91. The van der Waals surface area contributed by atoms with Gasteiger partial charge in [0.05, 0.1) is 0 Å². The number of anilines is 3. The number of carbonyl (C=O) groups is 3. The van der Waals surface area contributed by atoms with E-state index in [1.807, 2.05) is 12.1 Å². The largest absolute Gasteiger partial charge is 0.336 e. The van der Waals surface area contributed by atoms with Crippen molar-refractivity contribution in [1.82, 2.24) is 5.32 Å². The van der Waals surface area contributed by atoms with Crippen LogP contribution >= 0.6 is 0 Å². The van der Waals surface area contributed by atoms with Crippen LogP contribution in [0.5, 0.6) is 0 Å². The number of fused-ring (bicyclic) bond motifs is 1. The summed E-state index contributed by atoms with van der Waals surface area (Å²) in [6, 6.07) is 12.4. The molecule has 2 aliphatic rings. The summed E-state index contributed by atoms with van der Waals surface area (Å²) in [5.41, 5.74) is 3.95. The minimum absolute atomic E-state index is 0.0253. The molecule has 7 nitrogen and oxygen atoms in total. The fourth-order valence-corrected chi connectivity index (χ4v) is 3.52. The highest BCUT2D eigenvalue weighted by Gasteiger charge is 2.23. The summed E-state index contributed by atoms with van der Waals surface area (Å²) < 4.78 is 0. The van der Waals surface area contributed by atoms with E-state index in [0.717, 1.165) is 23.4 Å². The maximum Gasteiger partial charge on any atom is 0.321 e. The van der Waals surface area contributed by atoms with E-state index in [1.54, 1.807) is 47.1 Å². The van der Waals surface area contributed by atoms with Crippen LogP contribution in [0.2, 0.25) is 0 Å². The van der Waals surface area contributed by atoms with E-state index < -0.39 is 0 Å². The Morgan fingerprint density at radius 3 is 2.52 bits per heavy atom. The zero-order valence-corrected chi connectivity index (χ0v) is 15.0. The van der Waals surface area contributed by atoms with Gasteiger partial charge in [0.15, 0.2) is 0 Å². The number of hydrogen-bond acceptors (Lipinski definition) is 3. The van der Waals surface area contributed by atoms with Crippen molar-refractivity contribution in [2.24, 2.45) is 0 Å². The molecule has 2 aromatic carbocycles. The Morgan fingerprint density at radius 1 is 1.07 bits per heavy atom. The third-order valence-corrected chi connectivity index (χ3v) is 4.91. The summed E-state index contributed by atoms with van der Waals surface area (Å²) in [5, 5.41) is 5.65. The van der Waals surface area contributed by atoms with Gasteiger partial charge in [0.1, 0.15) is 0 Å². The SMILES string of the molecule is CC(=O)N1CCc2cc(NC(=O)c3ccc(N4CCNC4=O)cc3)ccc21. The highest BCUT2D eigenvalue weighted by Crippen LogP contribution is 2.30. The van der Waals surface area contributed by atoms with Crippen LogP contribution < -0.4 is 20.4 Å². The van der Waals surface area contributed by atoms with Crippen molar-refractivity contribution in [3.8, 4) is 0 Å². The molecule has 4 amide bonds. The Morgan fingerprint density at radius 2 is 1.85 bits per heavy atom. The van der Waals surface area contributed by atoms with Gasteiger partial charge in [-0.3, -0.25) is 14.5 Å². The summed E-state index contributed by atoms with van der Waals surface area (Å²) in [4.78, 5) is 39.2. The van der Waals surface area contributed by atoms with Crippen molar-refractivity contribution in [2.45, 2.75) is 13.3 Å². The summed E-state index contributed by atoms with van der Waals surface area (Å²) >= 11 is 0. The summed E-state index contributed by atoms with van der Waals surface area (Å²) in [5.74, 6) is -0.189. The molecule has 0 bridgehead atoms. The van der Waals surface area contributed by atoms with Gasteiger partial charge in [0.2, 0.25) is 5.91 Å². The van der Waals surface area contributed by atoms with Crippen molar-refractivity contribution < 1.29 is 14.4 Å². The third kappa shape index (κ3) is 3.23. The average molecular weight is 364 g/mol. The predicted molar refractivity (Wildman–Crippen MR) is 103 cm³/mol. The van der Waals surface area contributed by atoms with Gasteiger partial charge in [-0.25, -0.2) is 4.79 Å². The highest BCUT2D eigenvalue weighted by atomic mass is 16.2. The number of carbonyl (C=O) groups excluding carboxylic acids is 3. The maximum atomic E-state index is 12.5. The predicted octanol–water partition coefficient (Wildman–Crippen LogP) is 2.38. The highest BCUT2D eigenvalue weighted by molar-refractivity contribution is 6.05. The van der Waals surface area contributed by atoms with E-state index in [-0.39, 0.29) is 17.8 Å². The first-order chi connectivity index (χ1) is 13.0. The topological polar surface area (TPSA) is 81.8 Å². The lowest BCUT2D eigenvalue weighted by Gasteiger charge is -2.15. The maximum absolute atomic E-state index is 12.5. The Hall–Kier alpha value is -3.35. The summed E-state index contributed by atoms with van der Waals surface area (Å²) in [6.07, 6.45) is 0.783. The van der Waals surface area contributed by atoms with Crippen molar-refractivity contribution in [1.29, 1.82) is 0 Å². The van der Waals surface area contributed by atoms with Gasteiger partial charge in [-0.15, -0.1) is 0 Å². The average Bonchev–Trinajstić information content (AvgIpc) is 3.27. The molecule has 138 valence electrons. The zero-order chi connectivity index (χ0) is 19.0. The van der Waals surface area contributed by atoms with Crippen LogP contribution in [0.15, 0.2) is 42.5 Å². The molecular weight excluding hydrogens is 344 g/mol. The van der Waals surface area contributed by atoms with E-state index in [0.29, 0.717) is 30.9 Å².